The molecule has 2 aromatic rings. The van der Waals surface area contributed by atoms with Crippen molar-refractivity contribution in [1.29, 1.82) is 0 Å². The average Bonchev–Trinajstić information content (AvgIpc) is 2.55. The maximum Gasteiger partial charge on any atom is 0.193 e. The molecule has 2 aromatic carbocycles. The summed E-state index contributed by atoms with van der Waals surface area (Å²) in [6, 6.07) is 15.2. The van der Waals surface area contributed by atoms with Crippen LogP contribution < -0.4 is 20.5 Å². The van der Waals surface area contributed by atoms with Gasteiger partial charge in [-0.2, -0.15) is 0 Å². The van der Waals surface area contributed by atoms with Crippen LogP contribution in [0.4, 0.5) is 5.69 Å². The number of ether oxygens (including phenoxy) is 2. The Hall–Kier alpha value is -1.48. The maximum atomic E-state index is 5.92. The molecular formula is C17H21BrIN3O2. The van der Waals surface area contributed by atoms with Crippen molar-refractivity contribution in [3.63, 3.8) is 0 Å². The molecule has 24 heavy (non-hydrogen) atoms. The number of nitrogens with one attached hydrogen (secondary N) is 1. The first kappa shape index (κ1) is 20.6. The molecule has 0 radical (unpaired) electrons. The lowest BCUT2D eigenvalue weighted by atomic mass is 10.3. The molecule has 0 spiro atoms. The molecule has 0 saturated heterocycles. The highest BCUT2D eigenvalue weighted by atomic mass is 127. The molecule has 0 aliphatic heterocycles. The number of methoxy groups -OCH3 is 1. The molecule has 1 atom stereocenters. The molecule has 0 heterocycles. The number of nitrogens with zero attached hydrogens (tertiary/aromatic N) is 1. The number of para-hydroxylation sites is 3. The van der Waals surface area contributed by atoms with Crippen molar-refractivity contribution >= 4 is 51.6 Å². The van der Waals surface area contributed by atoms with Crippen molar-refractivity contribution in [2.45, 2.75) is 13.0 Å². The third-order valence-electron chi connectivity index (χ3n) is 3.05. The summed E-state index contributed by atoms with van der Waals surface area (Å²) in [7, 11) is 1.61. The molecule has 0 aromatic heterocycles. The molecule has 0 amide bonds. The predicted octanol–water partition coefficient (Wildman–Crippen LogP) is 4.27. The van der Waals surface area contributed by atoms with Gasteiger partial charge in [-0.25, -0.2) is 4.99 Å². The van der Waals surface area contributed by atoms with Gasteiger partial charge < -0.3 is 20.5 Å². The lowest BCUT2D eigenvalue weighted by molar-refractivity contribution is 0.229. The minimum atomic E-state index is -0.105. The number of rotatable bonds is 6. The first-order chi connectivity index (χ1) is 11.1. The molecular weight excluding hydrogens is 485 g/mol. The van der Waals surface area contributed by atoms with E-state index in [1.807, 2.05) is 55.5 Å². The molecule has 3 N–H and O–H groups in total. The van der Waals surface area contributed by atoms with Gasteiger partial charge in [-0.05, 0) is 47.1 Å². The fraction of sp³-hybridized carbons (Fsp3) is 0.235. The van der Waals surface area contributed by atoms with Crippen molar-refractivity contribution in [3.8, 4) is 11.5 Å². The number of anilines is 1. The van der Waals surface area contributed by atoms with Crippen LogP contribution in [0.2, 0.25) is 0 Å². The Morgan fingerprint density at radius 3 is 2.46 bits per heavy atom. The van der Waals surface area contributed by atoms with Crippen molar-refractivity contribution in [3.05, 3.63) is 53.0 Å². The van der Waals surface area contributed by atoms with Gasteiger partial charge in [-0.3, -0.25) is 0 Å². The predicted molar refractivity (Wildman–Crippen MR) is 113 cm³/mol. The summed E-state index contributed by atoms with van der Waals surface area (Å²) < 4.78 is 12.0. The van der Waals surface area contributed by atoms with E-state index >= 15 is 0 Å². The van der Waals surface area contributed by atoms with E-state index in [4.69, 9.17) is 15.2 Å². The van der Waals surface area contributed by atoms with Crippen LogP contribution in [0.15, 0.2) is 58.0 Å². The summed E-state index contributed by atoms with van der Waals surface area (Å²) in [5, 5.41) is 3.03. The first-order valence-electron chi connectivity index (χ1n) is 7.21. The number of guanidine groups is 1. The topological polar surface area (TPSA) is 68.9 Å². The molecule has 0 fully saturated rings. The number of aliphatic imine (C=N–C) groups is 1. The van der Waals surface area contributed by atoms with E-state index < -0.39 is 0 Å². The zero-order valence-corrected chi connectivity index (χ0v) is 17.4. The van der Waals surface area contributed by atoms with E-state index in [9.17, 15) is 0 Å². The van der Waals surface area contributed by atoms with Crippen LogP contribution in [-0.2, 0) is 0 Å². The second-order valence-electron chi connectivity index (χ2n) is 4.91. The lowest BCUT2D eigenvalue weighted by Crippen LogP contribution is -2.26. The van der Waals surface area contributed by atoms with E-state index in [0.29, 0.717) is 18.3 Å². The average molecular weight is 506 g/mol. The Balaban J connectivity index is 0.00000288. The van der Waals surface area contributed by atoms with Crippen LogP contribution in [0.5, 0.6) is 11.5 Å². The SMILES string of the molecule is COc1ccccc1NC(N)=NCC(C)Oc1ccccc1Br.I. The number of halogens is 2. The molecule has 2 rings (SSSR count). The number of hydrogen-bond acceptors (Lipinski definition) is 3. The molecule has 0 aliphatic rings. The smallest absolute Gasteiger partial charge is 0.193 e. The van der Waals surface area contributed by atoms with Crippen molar-refractivity contribution in [2.24, 2.45) is 10.7 Å². The van der Waals surface area contributed by atoms with Crippen LogP contribution in [0.25, 0.3) is 0 Å². The largest absolute Gasteiger partial charge is 0.495 e. The highest BCUT2D eigenvalue weighted by Crippen LogP contribution is 2.25. The first-order valence-corrected chi connectivity index (χ1v) is 8.00. The molecule has 130 valence electrons. The summed E-state index contributed by atoms with van der Waals surface area (Å²) in [5.41, 5.74) is 6.69. The third-order valence-corrected chi connectivity index (χ3v) is 3.71. The summed E-state index contributed by atoms with van der Waals surface area (Å²) in [6.45, 7) is 2.38. The second-order valence-corrected chi connectivity index (χ2v) is 5.76. The summed E-state index contributed by atoms with van der Waals surface area (Å²) >= 11 is 3.45. The van der Waals surface area contributed by atoms with Crippen molar-refractivity contribution in [1.82, 2.24) is 0 Å². The zero-order chi connectivity index (χ0) is 16.7. The van der Waals surface area contributed by atoms with E-state index in [0.717, 1.165) is 15.9 Å². The molecule has 7 heteroatoms. The second kappa shape index (κ2) is 10.4. The minimum absolute atomic E-state index is 0. The van der Waals surface area contributed by atoms with E-state index in [1.165, 1.54) is 0 Å². The number of hydrogen-bond donors (Lipinski definition) is 2. The van der Waals surface area contributed by atoms with Crippen molar-refractivity contribution < 1.29 is 9.47 Å². The Bertz CT molecular complexity index is 682. The monoisotopic (exact) mass is 505 g/mol. The van der Waals surface area contributed by atoms with Crippen LogP contribution in [-0.4, -0.2) is 25.7 Å². The minimum Gasteiger partial charge on any atom is -0.495 e. The zero-order valence-electron chi connectivity index (χ0n) is 13.5. The summed E-state index contributed by atoms with van der Waals surface area (Å²) in [5.74, 6) is 1.81. The van der Waals surface area contributed by atoms with E-state index in [1.54, 1.807) is 7.11 Å². The fourth-order valence-electron chi connectivity index (χ4n) is 1.95. The van der Waals surface area contributed by atoms with E-state index in [2.05, 4.69) is 26.2 Å². The highest BCUT2D eigenvalue weighted by Gasteiger charge is 2.07. The standard InChI is InChI=1S/C17H20BrN3O2.HI/c1-12(23-15-9-5-3-7-13(15)18)11-20-17(19)21-14-8-4-6-10-16(14)22-2;/h3-10,12H,11H2,1-2H3,(H3,19,20,21);1H. The number of nitrogens with two attached hydrogens (primary N) is 1. The van der Waals surface area contributed by atoms with Gasteiger partial charge in [0.1, 0.15) is 17.6 Å². The normalized spacial score (nSPS) is 12.0. The number of benzene rings is 2. The van der Waals surface area contributed by atoms with Crippen LogP contribution in [0.3, 0.4) is 0 Å². The quantitative estimate of drug-likeness (QED) is 0.349. The van der Waals surface area contributed by atoms with Gasteiger partial charge in [-0.15, -0.1) is 24.0 Å². The molecule has 0 bridgehead atoms. The van der Waals surface area contributed by atoms with Crippen LogP contribution in [0, 0.1) is 0 Å². The summed E-state index contributed by atoms with van der Waals surface area (Å²) in [4.78, 5) is 4.31. The Kier molecular flexibility index (Phi) is 8.91. The Labute approximate surface area is 167 Å². The molecule has 5 nitrogen and oxygen atoms in total. The van der Waals surface area contributed by atoms with Gasteiger partial charge >= 0.3 is 0 Å². The highest BCUT2D eigenvalue weighted by molar-refractivity contribution is 14.0. The van der Waals surface area contributed by atoms with Gasteiger partial charge in [-0.1, -0.05) is 24.3 Å². The van der Waals surface area contributed by atoms with Gasteiger partial charge in [0.2, 0.25) is 0 Å². The van der Waals surface area contributed by atoms with Gasteiger partial charge in [0.15, 0.2) is 5.96 Å². The fourth-order valence-corrected chi connectivity index (χ4v) is 2.32. The van der Waals surface area contributed by atoms with Gasteiger partial charge in [0.25, 0.3) is 0 Å². The third kappa shape index (κ3) is 6.20. The van der Waals surface area contributed by atoms with Crippen molar-refractivity contribution in [2.75, 3.05) is 19.0 Å². The van der Waals surface area contributed by atoms with E-state index in [-0.39, 0.29) is 30.1 Å². The lowest BCUT2D eigenvalue weighted by Gasteiger charge is -2.15. The van der Waals surface area contributed by atoms with Gasteiger partial charge in [0.05, 0.1) is 23.8 Å². The van der Waals surface area contributed by atoms with Crippen LogP contribution >= 0.6 is 39.9 Å². The molecule has 0 aliphatic carbocycles. The Morgan fingerprint density at radius 1 is 1.17 bits per heavy atom. The summed E-state index contributed by atoms with van der Waals surface area (Å²) in [6.07, 6.45) is -0.105. The molecule has 0 saturated carbocycles. The van der Waals surface area contributed by atoms with Gasteiger partial charge in [0, 0.05) is 0 Å². The Morgan fingerprint density at radius 2 is 1.79 bits per heavy atom. The van der Waals surface area contributed by atoms with Crippen LogP contribution in [0.1, 0.15) is 6.92 Å². The molecule has 1 unspecified atom stereocenters. The maximum absolute atomic E-state index is 5.92.